The minimum atomic E-state index is -0.676. The molecule has 1 heterocycles. The number of halogens is 3. The number of amides is 1. The summed E-state index contributed by atoms with van der Waals surface area (Å²) in [6.45, 7) is 4.43. The molecule has 1 aromatic heterocycles. The Balaban J connectivity index is 1.49. The largest absolute Gasteiger partial charge is 0.347 e. The summed E-state index contributed by atoms with van der Waals surface area (Å²) in [7, 11) is 0. The van der Waals surface area contributed by atoms with E-state index in [1.807, 2.05) is 0 Å². The molecule has 0 aliphatic heterocycles. The number of fused-ring (bicyclic) bond motifs is 1. The first-order valence-corrected chi connectivity index (χ1v) is 10.6. The van der Waals surface area contributed by atoms with Crippen LogP contribution in [0.3, 0.4) is 0 Å². The minimum absolute atomic E-state index is 0.0967. The molecule has 2 fully saturated rings. The third kappa shape index (κ3) is 3.38. The Morgan fingerprint density at radius 2 is 1.96 bits per heavy atom. The lowest BCUT2D eigenvalue weighted by atomic mass is 9.53. The maximum absolute atomic E-state index is 13.3. The lowest BCUT2D eigenvalue weighted by Crippen LogP contribution is -2.63. The predicted molar refractivity (Wildman–Crippen MR) is 105 cm³/mol. The average molecular weight is 456 g/mol. The highest BCUT2D eigenvalue weighted by Crippen LogP contribution is 2.58. The first kappa shape index (κ1) is 18.8. The second-order valence-electron chi connectivity index (χ2n) is 7.90. The monoisotopic (exact) mass is 455 g/mol. The van der Waals surface area contributed by atoms with E-state index in [0.29, 0.717) is 20.8 Å². The Labute approximate surface area is 168 Å². The fourth-order valence-electron chi connectivity index (χ4n) is 4.72. The Hall–Kier alpha value is -1.54. The van der Waals surface area contributed by atoms with E-state index in [4.69, 9.17) is 0 Å². The van der Waals surface area contributed by atoms with Gasteiger partial charge in [0.1, 0.15) is 15.4 Å². The summed E-state index contributed by atoms with van der Waals surface area (Å²) in [6, 6.07) is 3.31. The van der Waals surface area contributed by atoms with Crippen molar-refractivity contribution in [2.24, 2.45) is 17.3 Å². The molecule has 2 aromatic rings. The van der Waals surface area contributed by atoms with Crippen molar-refractivity contribution < 1.29 is 13.6 Å². The summed E-state index contributed by atoms with van der Waals surface area (Å²) in [5.41, 5.74) is 0.630. The van der Waals surface area contributed by atoms with Gasteiger partial charge in [-0.1, -0.05) is 31.6 Å². The van der Waals surface area contributed by atoms with Gasteiger partial charge in [-0.25, -0.2) is 13.8 Å². The van der Waals surface area contributed by atoms with Gasteiger partial charge in [-0.3, -0.25) is 4.79 Å². The molecule has 2 aliphatic carbocycles. The van der Waals surface area contributed by atoms with Gasteiger partial charge in [-0.15, -0.1) is 0 Å². The van der Waals surface area contributed by atoms with Crippen LogP contribution in [0.2, 0.25) is 0 Å². The molecule has 1 aromatic carbocycles. The van der Waals surface area contributed by atoms with Crippen LogP contribution < -0.4 is 10.6 Å². The van der Waals surface area contributed by atoms with Gasteiger partial charge >= 0.3 is 0 Å². The van der Waals surface area contributed by atoms with E-state index in [-0.39, 0.29) is 28.7 Å². The number of benzene rings is 1. The number of carbonyl (C=O) groups is 1. The first-order valence-electron chi connectivity index (χ1n) is 8.96. The third-order valence-corrected chi connectivity index (χ3v) is 7.58. The number of nitrogens with zero attached hydrogens (tertiary/aromatic N) is 1. The van der Waals surface area contributed by atoms with Crippen molar-refractivity contribution in [3.8, 4) is 0 Å². The highest BCUT2D eigenvalue weighted by atomic mass is 79.9. The molecule has 2 N–H and O–H groups in total. The minimum Gasteiger partial charge on any atom is -0.347 e. The fraction of sp³-hybridized carbons (Fsp3) is 0.474. The van der Waals surface area contributed by atoms with Crippen LogP contribution in [0.15, 0.2) is 22.0 Å². The van der Waals surface area contributed by atoms with Gasteiger partial charge in [0.2, 0.25) is 0 Å². The lowest BCUT2D eigenvalue weighted by Gasteiger charge is -2.56. The zero-order valence-electron chi connectivity index (χ0n) is 15.0. The Bertz CT molecular complexity index is 881. The van der Waals surface area contributed by atoms with Crippen LogP contribution in [0.1, 0.15) is 43.6 Å². The molecule has 0 bridgehead atoms. The van der Waals surface area contributed by atoms with Crippen LogP contribution in [0.5, 0.6) is 0 Å². The topological polar surface area (TPSA) is 54.0 Å². The highest BCUT2D eigenvalue weighted by Gasteiger charge is 2.58. The smallest absolute Gasteiger partial charge is 0.272 e. The van der Waals surface area contributed by atoms with E-state index in [9.17, 15) is 13.6 Å². The van der Waals surface area contributed by atoms with Crippen molar-refractivity contribution in [2.75, 3.05) is 5.32 Å². The molecule has 0 spiro atoms. The summed E-state index contributed by atoms with van der Waals surface area (Å²) in [6.07, 6.45) is 3.63. The molecule has 0 radical (unpaired) electrons. The van der Waals surface area contributed by atoms with E-state index < -0.39 is 11.6 Å². The van der Waals surface area contributed by atoms with Crippen LogP contribution in [0, 0.1) is 28.9 Å². The number of anilines is 2. The molecule has 4 rings (SSSR count). The number of aromatic nitrogens is 1. The molecule has 8 heteroatoms. The highest BCUT2D eigenvalue weighted by molar-refractivity contribution is 9.11. The second-order valence-corrected chi connectivity index (χ2v) is 10.2. The summed E-state index contributed by atoms with van der Waals surface area (Å²) in [4.78, 5) is 17.1. The molecule has 3 unspecified atom stereocenters. The SMILES string of the molecule is CC1(C)C2CCCC2C1NC(=O)c1nc(Nc2cc(F)cc(F)c2)sc1Br. The summed E-state index contributed by atoms with van der Waals surface area (Å²) >= 11 is 4.59. The molecular formula is C19H20BrF2N3OS. The van der Waals surface area contributed by atoms with Gasteiger partial charge in [-0.05, 0) is 58.2 Å². The van der Waals surface area contributed by atoms with Gasteiger partial charge in [-0.2, -0.15) is 0 Å². The Morgan fingerprint density at radius 3 is 2.67 bits per heavy atom. The molecule has 1 amide bonds. The number of thiazole rings is 1. The fourth-order valence-corrected chi connectivity index (χ4v) is 6.16. The summed E-state index contributed by atoms with van der Waals surface area (Å²) < 4.78 is 27.3. The first-order chi connectivity index (χ1) is 12.8. The van der Waals surface area contributed by atoms with E-state index in [0.717, 1.165) is 12.5 Å². The van der Waals surface area contributed by atoms with E-state index >= 15 is 0 Å². The van der Waals surface area contributed by atoms with Gasteiger partial charge in [0.25, 0.3) is 5.91 Å². The molecule has 144 valence electrons. The van der Waals surface area contributed by atoms with Crippen LogP contribution >= 0.6 is 27.3 Å². The van der Waals surface area contributed by atoms with E-state index in [1.165, 1.54) is 36.3 Å². The maximum atomic E-state index is 13.3. The predicted octanol–water partition coefficient (Wildman–Crippen LogP) is 5.48. The zero-order chi connectivity index (χ0) is 19.3. The van der Waals surface area contributed by atoms with Gasteiger partial charge in [0.05, 0.1) is 0 Å². The number of nitrogens with one attached hydrogen (secondary N) is 2. The summed E-state index contributed by atoms with van der Waals surface area (Å²) in [5, 5.41) is 6.40. The average Bonchev–Trinajstić information content (AvgIpc) is 3.17. The molecule has 2 saturated carbocycles. The molecule has 4 nitrogen and oxygen atoms in total. The quantitative estimate of drug-likeness (QED) is 0.641. The maximum Gasteiger partial charge on any atom is 0.272 e. The van der Waals surface area contributed by atoms with Crippen molar-refractivity contribution >= 4 is 44.0 Å². The number of hydrogen-bond donors (Lipinski definition) is 2. The number of rotatable bonds is 4. The van der Waals surface area contributed by atoms with Gasteiger partial charge in [0.15, 0.2) is 10.8 Å². The normalized spacial score (nSPS) is 25.6. The lowest BCUT2D eigenvalue weighted by molar-refractivity contribution is -0.0366. The van der Waals surface area contributed by atoms with Crippen molar-refractivity contribution in [2.45, 2.75) is 39.2 Å². The molecule has 2 aliphatic rings. The second kappa shape index (κ2) is 6.81. The Morgan fingerprint density at radius 1 is 1.26 bits per heavy atom. The molecule has 27 heavy (non-hydrogen) atoms. The van der Waals surface area contributed by atoms with Crippen LogP contribution in [-0.2, 0) is 0 Å². The van der Waals surface area contributed by atoms with Gasteiger partial charge in [0, 0.05) is 17.8 Å². The van der Waals surface area contributed by atoms with Crippen LogP contribution in [0.25, 0.3) is 0 Å². The van der Waals surface area contributed by atoms with Crippen molar-refractivity contribution in [3.63, 3.8) is 0 Å². The standard InChI is InChI=1S/C19H20BrF2N3OS/c1-19(2)13-5-3-4-12(13)15(19)25-17(26)14-16(20)27-18(24-14)23-11-7-9(21)6-10(22)8-11/h6-8,12-13,15H,3-5H2,1-2H3,(H,23,24)(H,25,26). The third-order valence-electron chi connectivity index (χ3n) is 5.96. The summed E-state index contributed by atoms with van der Waals surface area (Å²) in [5.74, 6) is -0.343. The van der Waals surface area contributed by atoms with Crippen LogP contribution in [0.4, 0.5) is 19.6 Å². The molecular weight excluding hydrogens is 436 g/mol. The number of carbonyl (C=O) groups excluding carboxylic acids is 1. The van der Waals surface area contributed by atoms with Gasteiger partial charge < -0.3 is 10.6 Å². The van der Waals surface area contributed by atoms with Crippen molar-refractivity contribution in [1.29, 1.82) is 0 Å². The van der Waals surface area contributed by atoms with Crippen LogP contribution in [-0.4, -0.2) is 16.9 Å². The number of hydrogen-bond acceptors (Lipinski definition) is 4. The van der Waals surface area contributed by atoms with Crippen molar-refractivity contribution in [3.05, 3.63) is 39.3 Å². The molecule has 0 saturated heterocycles. The van der Waals surface area contributed by atoms with E-state index in [2.05, 4.69) is 45.4 Å². The zero-order valence-corrected chi connectivity index (χ0v) is 17.4. The van der Waals surface area contributed by atoms with E-state index in [1.54, 1.807) is 0 Å². The van der Waals surface area contributed by atoms with Crippen molar-refractivity contribution in [1.82, 2.24) is 10.3 Å². The Kier molecular flexibility index (Phi) is 4.74. The molecule has 3 atom stereocenters.